The topological polar surface area (TPSA) is 90.9 Å². The largest absolute Gasteiger partial charge is 0.493 e. The second-order valence-corrected chi connectivity index (χ2v) is 7.25. The fraction of sp³-hybridized carbons (Fsp3) is 0.250. The molecule has 29 heavy (non-hydrogen) atoms. The highest BCUT2D eigenvalue weighted by Crippen LogP contribution is 2.28. The van der Waals surface area contributed by atoms with Crippen LogP contribution in [0.4, 0.5) is 0 Å². The average Bonchev–Trinajstić information content (AvgIpc) is 3.34. The molecule has 1 N–H and O–H groups in total. The number of methoxy groups -OCH3 is 2. The molecule has 0 atom stereocenters. The van der Waals surface area contributed by atoms with Gasteiger partial charge in [-0.1, -0.05) is 17.8 Å². The van der Waals surface area contributed by atoms with Gasteiger partial charge in [0.05, 0.1) is 37.3 Å². The molecule has 1 aromatic carbocycles. The van der Waals surface area contributed by atoms with Crippen LogP contribution in [0.15, 0.2) is 52.4 Å². The van der Waals surface area contributed by atoms with Crippen LogP contribution in [-0.2, 0) is 11.2 Å². The molecule has 0 saturated carbocycles. The number of aromatic nitrogens is 3. The number of ether oxygens (including phenoxy) is 2. The van der Waals surface area contributed by atoms with Gasteiger partial charge < -0.3 is 19.2 Å². The van der Waals surface area contributed by atoms with Gasteiger partial charge in [-0.05, 0) is 24.1 Å². The lowest BCUT2D eigenvalue weighted by atomic mass is 10.1. The van der Waals surface area contributed by atoms with Gasteiger partial charge in [0.1, 0.15) is 11.4 Å². The van der Waals surface area contributed by atoms with Crippen molar-refractivity contribution in [3.05, 3.63) is 48.5 Å². The highest BCUT2D eigenvalue weighted by atomic mass is 32.2. The molecule has 1 amide bonds. The van der Waals surface area contributed by atoms with Gasteiger partial charge >= 0.3 is 0 Å². The summed E-state index contributed by atoms with van der Waals surface area (Å²) in [5.74, 6) is 1.56. The quantitative estimate of drug-likeness (QED) is 0.445. The van der Waals surface area contributed by atoms with Crippen LogP contribution in [0.2, 0.25) is 0 Å². The number of carbonyl (C=O) groups is 1. The summed E-state index contributed by atoms with van der Waals surface area (Å²) in [6.45, 7) is 0.531. The molecule has 8 nitrogen and oxygen atoms in total. The maximum Gasteiger partial charge on any atom is 0.230 e. The SMILES string of the molecule is COc1ccc(CCNC(=O)CSc2nncn3c2cc2occc23)cc1OC. The fourth-order valence-corrected chi connectivity index (χ4v) is 3.87. The summed E-state index contributed by atoms with van der Waals surface area (Å²) in [5, 5.41) is 11.8. The van der Waals surface area contributed by atoms with Crippen molar-refractivity contribution in [2.24, 2.45) is 0 Å². The number of rotatable bonds is 8. The number of fused-ring (bicyclic) bond motifs is 3. The van der Waals surface area contributed by atoms with Crippen LogP contribution in [0.1, 0.15) is 5.56 Å². The van der Waals surface area contributed by atoms with Crippen LogP contribution in [0, 0.1) is 0 Å². The summed E-state index contributed by atoms with van der Waals surface area (Å²) < 4.78 is 17.9. The zero-order valence-corrected chi connectivity index (χ0v) is 16.9. The fourth-order valence-electron chi connectivity index (χ4n) is 3.09. The lowest BCUT2D eigenvalue weighted by molar-refractivity contribution is -0.118. The van der Waals surface area contributed by atoms with E-state index in [0.717, 1.165) is 22.2 Å². The van der Waals surface area contributed by atoms with Gasteiger partial charge in [-0.2, -0.15) is 0 Å². The number of carbonyl (C=O) groups excluding carboxylic acids is 1. The van der Waals surface area contributed by atoms with Gasteiger partial charge in [0.25, 0.3) is 0 Å². The van der Waals surface area contributed by atoms with Crippen LogP contribution in [0.3, 0.4) is 0 Å². The minimum atomic E-state index is -0.0606. The summed E-state index contributed by atoms with van der Waals surface area (Å²) in [7, 11) is 3.21. The van der Waals surface area contributed by atoms with Gasteiger partial charge in [0.2, 0.25) is 5.91 Å². The van der Waals surface area contributed by atoms with Gasteiger partial charge in [-0.25, -0.2) is 0 Å². The van der Waals surface area contributed by atoms with Crippen LogP contribution >= 0.6 is 11.8 Å². The minimum absolute atomic E-state index is 0.0606. The normalized spacial score (nSPS) is 11.1. The van der Waals surface area contributed by atoms with Gasteiger partial charge in [0.15, 0.2) is 17.1 Å². The number of furan rings is 1. The van der Waals surface area contributed by atoms with E-state index in [2.05, 4.69) is 15.5 Å². The molecule has 0 aliphatic rings. The molecule has 4 rings (SSSR count). The van der Waals surface area contributed by atoms with Gasteiger partial charge in [-0.3, -0.25) is 9.20 Å². The second kappa shape index (κ2) is 8.44. The van der Waals surface area contributed by atoms with Crippen LogP contribution in [-0.4, -0.2) is 47.0 Å². The first kappa shape index (κ1) is 19.1. The summed E-state index contributed by atoms with van der Waals surface area (Å²) in [6, 6.07) is 9.51. The number of thioether (sulfide) groups is 1. The molecule has 4 aromatic rings. The van der Waals surface area contributed by atoms with Crippen molar-refractivity contribution in [3.63, 3.8) is 0 Å². The Morgan fingerprint density at radius 3 is 2.86 bits per heavy atom. The molecule has 0 saturated heterocycles. The minimum Gasteiger partial charge on any atom is -0.493 e. The van der Waals surface area contributed by atoms with Crippen molar-refractivity contribution < 1.29 is 18.7 Å². The van der Waals surface area contributed by atoms with E-state index in [9.17, 15) is 4.79 Å². The van der Waals surface area contributed by atoms with Crippen molar-refractivity contribution in [2.75, 3.05) is 26.5 Å². The van der Waals surface area contributed by atoms with Crippen LogP contribution in [0.5, 0.6) is 11.5 Å². The molecule has 0 spiro atoms. The molecule has 0 unspecified atom stereocenters. The van der Waals surface area contributed by atoms with Gasteiger partial charge in [0, 0.05) is 18.7 Å². The molecule has 0 bridgehead atoms. The van der Waals surface area contributed by atoms with E-state index >= 15 is 0 Å². The number of hydrogen-bond donors (Lipinski definition) is 1. The first-order chi connectivity index (χ1) is 14.2. The predicted octanol–water partition coefficient (Wildman–Crippen LogP) is 2.94. The molecule has 0 aliphatic heterocycles. The van der Waals surface area contributed by atoms with Crippen LogP contribution < -0.4 is 14.8 Å². The Hall–Kier alpha value is -3.20. The Balaban J connectivity index is 1.32. The second-order valence-electron chi connectivity index (χ2n) is 6.28. The number of nitrogens with zero attached hydrogens (tertiary/aromatic N) is 3. The molecule has 0 aliphatic carbocycles. The third-order valence-corrected chi connectivity index (χ3v) is 5.49. The number of nitrogens with one attached hydrogen (secondary N) is 1. The molecular formula is C20H20N4O4S. The maximum atomic E-state index is 12.2. The van der Waals surface area contributed by atoms with Crippen molar-refractivity contribution in [2.45, 2.75) is 11.4 Å². The predicted molar refractivity (Wildman–Crippen MR) is 110 cm³/mol. The van der Waals surface area contributed by atoms with E-state index in [1.165, 1.54) is 11.8 Å². The molecule has 3 heterocycles. The number of hydrogen-bond acceptors (Lipinski definition) is 7. The van der Waals surface area contributed by atoms with Crippen LogP contribution in [0.25, 0.3) is 16.6 Å². The summed E-state index contributed by atoms with van der Waals surface area (Å²) in [5.41, 5.74) is 3.62. The Kier molecular flexibility index (Phi) is 5.57. The highest BCUT2D eigenvalue weighted by molar-refractivity contribution is 8.00. The summed E-state index contributed by atoms with van der Waals surface area (Å²) in [4.78, 5) is 12.2. The van der Waals surface area contributed by atoms with E-state index in [-0.39, 0.29) is 11.7 Å². The Morgan fingerprint density at radius 2 is 2.03 bits per heavy atom. The Bertz CT molecular complexity index is 1150. The van der Waals surface area contributed by atoms with E-state index < -0.39 is 0 Å². The number of amides is 1. The molecule has 3 aromatic heterocycles. The van der Waals surface area contributed by atoms with E-state index in [1.54, 1.807) is 26.8 Å². The van der Waals surface area contributed by atoms with E-state index in [4.69, 9.17) is 13.9 Å². The molecule has 0 fully saturated rings. The Morgan fingerprint density at radius 1 is 1.17 bits per heavy atom. The lowest BCUT2D eigenvalue weighted by Gasteiger charge is -2.10. The molecule has 9 heteroatoms. The van der Waals surface area contributed by atoms with Crippen molar-refractivity contribution in [3.8, 4) is 11.5 Å². The van der Waals surface area contributed by atoms with E-state index in [0.29, 0.717) is 29.5 Å². The molecular weight excluding hydrogens is 392 g/mol. The summed E-state index contributed by atoms with van der Waals surface area (Å²) >= 11 is 1.35. The molecule has 150 valence electrons. The number of benzene rings is 1. The highest BCUT2D eigenvalue weighted by Gasteiger charge is 2.12. The third-order valence-electron chi connectivity index (χ3n) is 4.52. The van der Waals surface area contributed by atoms with Gasteiger partial charge in [-0.15, -0.1) is 10.2 Å². The lowest BCUT2D eigenvalue weighted by Crippen LogP contribution is -2.27. The van der Waals surface area contributed by atoms with Crippen molar-refractivity contribution >= 4 is 34.3 Å². The summed E-state index contributed by atoms with van der Waals surface area (Å²) in [6.07, 6.45) is 3.97. The molecule has 0 radical (unpaired) electrons. The zero-order valence-electron chi connectivity index (χ0n) is 16.0. The third kappa shape index (κ3) is 4.00. The first-order valence-electron chi connectivity index (χ1n) is 9.00. The first-order valence-corrected chi connectivity index (χ1v) is 9.98. The average molecular weight is 412 g/mol. The van der Waals surface area contributed by atoms with Crippen molar-refractivity contribution in [1.29, 1.82) is 0 Å². The van der Waals surface area contributed by atoms with Crippen molar-refractivity contribution in [1.82, 2.24) is 19.9 Å². The Labute approximate surface area is 171 Å². The smallest absolute Gasteiger partial charge is 0.230 e. The monoisotopic (exact) mass is 412 g/mol. The zero-order chi connectivity index (χ0) is 20.2. The maximum absolute atomic E-state index is 12.2. The van der Waals surface area contributed by atoms with E-state index in [1.807, 2.05) is 34.7 Å². The standard InChI is InChI=1S/C20H20N4O4S/c1-26-16-4-3-13(9-18(16)27-2)5-7-21-19(25)11-29-20-15-10-17-14(6-8-28-17)24(15)12-22-23-20/h3-4,6,8-10,12H,5,7,11H2,1-2H3,(H,21,25).